The van der Waals surface area contributed by atoms with Gasteiger partial charge in [0, 0.05) is 24.4 Å². The smallest absolute Gasteiger partial charge is 0.240 e. The highest BCUT2D eigenvalue weighted by molar-refractivity contribution is 6.35. The maximum Gasteiger partial charge on any atom is 0.240 e. The number of carbonyl (C=O) groups excluding carboxylic acids is 2. The van der Waals surface area contributed by atoms with Crippen LogP contribution in [0, 0.1) is 0 Å². The van der Waals surface area contributed by atoms with Gasteiger partial charge in [0.1, 0.15) is 23.1 Å². The lowest BCUT2D eigenvalue weighted by molar-refractivity contribution is -0.127. The summed E-state index contributed by atoms with van der Waals surface area (Å²) in [7, 11) is 0. The van der Waals surface area contributed by atoms with Crippen LogP contribution in [-0.4, -0.2) is 34.6 Å². The molecular weight excluding hydrogens is 430 g/mol. The van der Waals surface area contributed by atoms with Gasteiger partial charge in [-0.15, -0.1) is 0 Å². The number of primary amides is 1. The van der Waals surface area contributed by atoms with Crippen molar-refractivity contribution in [2.45, 2.75) is 38.1 Å². The van der Waals surface area contributed by atoms with Crippen LogP contribution >= 0.6 is 11.6 Å². The lowest BCUT2D eigenvalue weighted by Crippen LogP contribution is -2.45. The van der Waals surface area contributed by atoms with Crippen LogP contribution < -0.4 is 15.8 Å². The summed E-state index contributed by atoms with van der Waals surface area (Å²) < 4.78 is 5.85. The summed E-state index contributed by atoms with van der Waals surface area (Å²) in [4.78, 5) is 28.3. The van der Waals surface area contributed by atoms with E-state index in [1.54, 1.807) is 24.4 Å². The van der Waals surface area contributed by atoms with Gasteiger partial charge in [0.2, 0.25) is 11.8 Å². The van der Waals surface area contributed by atoms with E-state index in [2.05, 4.69) is 10.3 Å². The minimum Gasteiger partial charge on any atom is -0.508 e. The molecule has 0 saturated heterocycles. The molecule has 1 heterocycles. The number of aromatic hydroxyl groups is 1. The first kappa shape index (κ1) is 23.3. The van der Waals surface area contributed by atoms with Crippen molar-refractivity contribution in [2.24, 2.45) is 5.73 Å². The quantitative estimate of drug-likeness (QED) is 0.381. The number of amides is 2. The molecule has 2 aromatic carbocycles. The Morgan fingerprint density at radius 2 is 1.88 bits per heavy atom. The number of fused-ring (bicyclic) bond motifs is 1. The first-order chi connectivity index (χ1) is 15.4. The van der Waals surface area contributed by atoms with Crippen LogP contribution in [0.25, 0.3) is 10.9 Å². The van der Waals surface area contributed by atoms with E-state index < -0.39 is 11.9 Å². The van der Waals surface area contributed by atoms with E-state index >= 15 is 0 Å². The summed E-state index contributed by atoms with van der Waals surface area (Å²) >= 11 is 6.20. The summed E-state index contributed by atoms with van der Waals surface area (Å²) in [6.45, 7) is 0.500. The number of carbonyl (C=O) groups is 2. The number of halogens is 1. The Kier molecular flexibility index (Phi) is 8.27. The van der Waals surface area contributed by atoms with Gasteiger partial charge in [-0.25, -0.2) is 0 Å². The van der Waals surface area contributed by atoms with Crippen molar-refractivity contribution in [1.29, 1.82) is 0 Å². The van der Waals surface area contributed by atoms with E-state index in [4.69, 9.17) is 22.1 Å². The van der Waals surface area contributed by atoms with Gasteiger partial charge in [0.25, 0.3) is 0 Å². The number of nitrogens with two attached hydrogens (primary N) is 1. The van der Waals surface area contributed by atoms with Crippen LogP contribution in [-0.2, 0) is 16.0 Å². The van der Waals surface area contributed by atoms with Gasteiger partial charge < -0.3 is 20.9 Å². The number of phenols is 1. The fraction of sp³-hybridized carbons (Fsp3) is 0.292. The summed E-state index contributed by atoms with van der Waals surface area (Å²) in [6.07, 6.45) is 4.51. The molecule has 8 heteroatoms. The van der Waals surface area contributed by atoms with Crippen LogP contribution in [0.4, 0.5) is 0 Å². The Hall–Kier alpha value is -3.32. The molecule has 0 aliphatic carbocycles. The lowest BCUT2D eigenvalue weighted by Gasteiger charge is -2.15. The third kappa shape index (κ3) is 6.59. The van der Waals surface area contributed by atoms with Gasteiger partial charge in [-0.05, 0) is 61.2 Å². The zero-order valence-corrected chi connectivity index (χ0v) is 18.3. The van der Waals surface area contributed by atoms with Crippen LogP contribution in [0.2, 0.25) is 5.02 Å². The molecule has 0 spiro atoms. The van der Waals surface area contributed by atoms with Crippen LogP contribution in [0.15, 0.2) is 54.7 Å². The molecule has 0 aliphatic heterocycles. The van der Waals surface area contributed by atoms with Gasteiger partial charge in [0.05, 0.1) is 11.6 Å². The molecule has 1 aromatic heterocycles. The Labute approximate surface area is 191 Å². The molecule has 3 aromatic rings. The first-order valence-electron chi connectivity index (χ1n) is 10.5. The van der Waals surface area contributed by atoms with Crippen molar-refractivity contribution in [3.8, 4) is 11.5 Å². The van der Waals surface area contributed by atoms with Crippen molar-refractivity contribution >= 4 is 34.3 Å². The second-order valence-electron chi connectivity index (χ2n) is 7.50. The fourth-order valence-electron chi connectivity index (χ4n) is 3.33. The molecule has 1 unspecified atom stereocenters. The van der Waals surface area contributed by atoms with Crippen molar-refractivity contribution < 1.29 is 19.4 Å². The zero-order chi connectivity index (χ0) is 22.9. The largest absolute Gasteiger partial charge is 0.508 e. The first-order valence-corrected chi connectivity index (χ1v) is 10.8. The molecule has 1 atom stereocenters. The van der Waals surface area contributed by atoms with Gasteiger partial charge in [-0.2, -0.15) is 0 Å². The van der Waals surface area contributed by atoms with E-state index in [1.807, 2.05) is 18.2 Å². The highest BCUT2D eigenvalue weighted by Crippen LogP contribution is 2.29. The Morgan fingerprint density at radius 3 is 2.62 bits per heavy atom. The summed E-state index contributed by atoms with van der Waals surface area (Å²) in [5.74, 6) is 0.00388. The molecule has 2 amide bonds. The third-order valence-corrected chi connectivity index (χ3v) is 5.37. The molecule has 168 valence electrons. The molecular formula is C24H26ClN3O4. The van der Waals surface area contributed by atoms with Crippen LogP contribution in [0.1, 0.15) is 31.2 Å². The Bertz CT molecular complexity index is 1070. The van der Waals surface area contributed by atoms with E-state index in [1.165, 1.54) is 12.1 Å². The monoisotopic (exact) mass is 455 g/mol. The molecule has 0 radical (unpaired) electrons. The van der Waals surface area contributed by atoms with E-state index in [9.17, 15) is 14.7 Å². The molecule has 0 bridgehead atoms. The highest BCUT2D eigenvalue weighted by Gasteiger charge is 2.18. The third-order valence-electron chi connectivity index (χ3n) is 5.04. The predicted octanol–water partition coefficient (Wildman–Crippen LogP) is 3.75. The molecule has 0 fully saturated rings. The van der Waals surface area contributed by atoms with Gasteiger partial charge in [0.15, 0.2) is 0 Å². The van der Waals surface area contributed by atoms with Crippen molar-refractivity contribution in [2.75, 3.05) is 6.61 Å². The normalized spacial score (nSPS) is 11.8. The summed E-state index contributed by atoms with van der Waals surface area (Å²) in [6, 6.07) is 13.0. The number of rotatable bonds is 11. The van der Waals surface area contributed by atoms with E-state index in [-0.39, 0.29) is 18.1 Å². The fourth-order valence-corrected chi connectivity index (χ4v) is 3.55. The van der Waals surface area contributed by atoms with Crippen molar-refractivity contribution in [3.63, 3.8) is 0 Å². The van der Waals surface area contributed by atoms with E-state index in [0.29, 0.717) is 30.2 Å². The van der Waals surface area contributed by atoms with Gasteiger partial charge in [-0.1, -0.05) is 23.7 Å². The lowest BCUT2D eigenvalue weighted by atomic mass is 10.0. The second kappa shape index (κ2) is 11.3. The summed E-state index contributed by atoms with van der Waals surface area (Å²) in [5, 5.41) is 13.5. The van der Waals surface area contributed by atoms with Gasteiger partial charge >= 0.3 is 0 Å². The number of benzene rings is 2. The minimum absolute atomic E-state index is 0.137. The molecule has 32 heavy (non-hydrogen) atoms. The number of unbranched alkanes of at least 4 members (excludes halogenated alkanes) is 2. The van der Waals surface area contributed by atoms with E-state index in [0.717, 1.165) is 29.3 Å². The molecule has 4 N–H and O–H groups in total. The second-order valence-corrected chi connectivity index (χ2v) is 7.90. The number of pyridine rings is 1. The van der Waals surface area contributed by atoms with Crippen molar-refractivity contribution in [3.05, 3.63) is 65.3 Å². The number of nitrogens with zero attached hydrogens (tertiary/aromatic N) is 1. The molecule has 0 saturated carbocycles. The SMILES string of the molecule is NC(=O)C(Cc1ccc(O)cc1)NC(=O)CCCCCOc1ccc(Cl)c2cccnc12. The van der Waals surface area contributed by atoms with Gasteiger partial charge in [-0.3, -0.25) is 14.6 Å². The zero-order valence-electron chi connectivity index (χ0n) is 17.6. The molecule has 7 nitrogen and oxygen atoms in total. The van der Waals surface area contributed by atoms with Crippen molar-refractivity contribution in [1.82, 2.24) is 10.3 Å². The average Bonchev–Trinajstić information content (AvgIpc) is 2.78. The topological polar surface area (TPSA) is 115 Å². The number of nitrogens with one attached hydrogen (secondary N) is 1. The van der Waals surface area contributed by atoms with Crippen LogP contribution in [0.3, 0.4) is 0 Å². The maximum absolute atomic E-state index is 12.2. The molecule has 3 rings (SSSR count). The summed E-state index contributed by atoms with van der Waals surface area (Å²) in [5.41, 5.74) is 6.95. The predicted molar refractivity (Wildman–Crippen MR) is 124 cm³/mol. The van der Waals surface area contributed by atoms with Crippen LogP contribution in [0.5, 0.6) is 11.5 Å². The molecule has 0 aliphatic rings. The Morgan fingerprint density at radius 1 is 1.09 bits per heavy atom. The highest BCUT2D eigenvalue weighted by atomic mass is 35.5. The minimum atomic E-state index is -0.791. The standard InChI is InChI=1S/C24H26ClN3O4/c25-19-11-12-21(23-18(19)5-4-13-27-23)32-14-3-1-2-6-22(30)28-20(24(26)31)15-16-7-9-17(29)10-8-16/h4-5,7-13,20,29H,1-3,6,14-15H2,(H2,26,31)(H,28,30). The Balaban J connectivity index is 1.39. The number of aromatic nitrogens is 1. The number of ether oxygens (including phenoxy) is 1. The number of phenolic OH excluding ortho intramolecular Hbond substituents is 1. The maximum atomic E-state index is 12.2. The number of hydrogen-bond acceptors (Lipinski definition) is 5. The average molecular weight is 456 g/mol. The number of hydrogen-bond donors (Lipinski definition) is 3.